The third-order valence-electron chi connectivity index (χ3n) is 6.40. The summed E-state index contributed by atoms with van der Waals surface area (Å²) < 4.78 is 6.08. The van der Waals surface area contributed by atoms with E-state index < -0.39 is 5.97 Å². The highest BCUT2D eigenvalue weighted by atomic mass is 16.5. The first-order valence-electron chi connectivity index (χ1n) is 11.8. The largest absolute Gasteiger partial charge is 0.481 e. The molecule has 0 radical (unpaired) electrons. The van der Waals surface area contributed by atoms with Gasteiger partial charge in [0, 0.05) is 38.1 Å². The van der Waals surface area contributed by atoms with Gasteiger partial charge in [0.1, 0.15) is 5.78 Å². The lowest BCUT2D eigenvalue weighted by atomic mass is 9.77. The van der Waals surface area contributed by atoms with Gasteiger partial charge < -0.3 is 15.2 Å². The summed E-state index contributed by atoms with van der Waals surface area (Å²) in [6.45, 7) is 2.76. The Balaban J connectivity index is 1.66. The molecular weight excluding hydrogens is 382 g/mol. The van der Waals surface area contributed by atoms with Crippen LogP contribution in [0.3, 0.4) is 0 Å². The second-order valence-corrected chi connectivity index (χ2v) is 8.76. The lowest BCUT2D eigenvalue weighted by molar-refractivity contribution is -0.137. The summed E-state index contributed by atoms with van der Waals surface area (Å²) in [6.07, 6.45) is 15.0. The van der Waals surface area contributed by atoms with Crippen LogP contribution in [0.25, 0.3) is 0 Å². The number of hydrogen-bond donors (Lipinski definition) is 2. The summed E-state index contributed by atoms with van der Waals surface area (Å²) in [6, 6.07) is 0. The third kappa shape index (κ3) is 8.58. The van der Waals surface area contributed by atoms with Crippen molar-refractivity contribution in [2.24, 2.45) is 11.8 Å². The maximum absolute atomic E-state index is 12.2. The number of aliphatic carboxylic acids is 1. The summed E-state index contributed by atoms with van der Waals surface area (Å²) in [5.41, 5.74) is 0. The molecule has 0 aromatic heterocycles. The van der Waals surface area contributed by atoms with Crippen LogP contribution in [0.4, 0.5) is 0 Å². The molecule has 6 nitrogen and oxygen atoms in total. The van der Waals surface area contributed by atoms with Gasteiger partial charge in [-0.3, -0.25) is 14.4 Å². The lowest BCUT2D eigenvalue weighted by Gasteiger charge is -2.27. The number of ether oxygens (including phenoxy) is 1. The van der Waals surface area contributed by atoms with Crippen molar-refractivity contribution in [3.63, 3.8) is 0 Å². The minimum Gasteiger partial charge on any atom is -0.481 e. The number of unbranched alkanes of at least 4 members (excludes halogenated alkanes) is 4. The van der Waals surface area contributed by atoms with Crippen LogP contribution >= 0.6 is 0 Å². The fraction of sp³-hybridized carbons (Fsp3) is 0.792. The molecule has 2 heterocycles. The number of carboxylic acids is 1. The number of rotatable bonds is 16. The van der Waals surface area contributed by atoms with Crippen LogP contribution in [-0.4, -0.2) is 41.5 Å². The minimum atomic E-state index is -0.751. The summed E-state index contributed by atoms with van der Waals surface area (Å²) in [5.74, 6) is 0.123. The van der Waals surface area contributed by atoms with Gasteiger partial charge in [0.25, 0.3) is 0 Å². The molecule has 170 valence electrons. The molecule has 1 amide bonds. The molecule has 0 unspecified atom stereocenters. The number of nitrogens with one attached hydrogen (secondary N) is 1. The molecule has 6 heteroatoms. The number of carbonyl (C=O) groups excluding carboxylic acids is 2. The molecule has 2 aliphatic rings. The van der Waals surface area contributed by atoms with Crippen molar-refractivity contribution in [3.05, 3.63) is 12.2 Å². The second kappa shape index (κ2) is 13.6. The van der Waals surface area contributed by atoms with Crippen molar-refractivity contribution in [2.45, 2.75) is 103 Å². The monoisotopic (exact) mass is 421 g/mol. The first-order valence-corrected chi connectivity index (χ1v) is 11.8. The lowest BCUT2D eigenvalue weighted by Crippen LogP contribution is -2.38. The zero-order valence-corrected chi connectivity index (χ0v) is 18.4. The van der Waals surface area contributed by atoms with E-state index in [0.29, 0.717) is 37.6 Å². The number of fused-ring (bicyclic) bond motifs is 2. The molecule has 0 aromatic carbocycles. The summed E-state index contributed by atoms with van der Waals surface area (Å²) in [7, 11) is 0. The Kier molecular flexibility index (Phi) is 11.1. The normalized spacial score (nSPS) is 25.1. The van der Waals surface area contributed by atoms with Crippen molar-refractivity contribution >= 4 is 17.7 Å². The predicted octanol–water partition coefficient (Wildman–Crippen LogP) is 4.42. The van der Waals surface area contributed by atoms with E-state index in [2.05, 4.69) is 24.4 Å². The van der Waals surface area contributed by atoms with Gasteiger partial charge in [-0.25, -0.2) is 0 Å². The Hall–Kier alpha value is -1.69. The highest BCUT2D eigenvalue weighted by Gasteiger charge is 2.47. The Morgan fingerprint density at radius 2 is 1.70 bits per heavy atom. The Labute approximate surface area is 180 Å². The predicted molar refractivity (Wildman–Crippen MR) is 116 cm³/mol. The Bertz CT molecular complexity index is 588. The number of Topliss-reactive ketones (excluding diaryl/α,β-unsaturated/α-hetero) is 1. The van der Waals surface area contributed by atoms with Crippen LogP contribution in [0.15, 0.2) is 12.2 Å². The molecule has 2 bridgehead atoms. The Morgan fingerprint density at radius 1 is 0.933 bits per heavy atom. The van der Waals surface area contributed by atoms with E-state index >= 15 is 0 Å². The van der Waals surface area contributed by atoms with Crippen molar-refractivity contribution < 1.29 is 24.2 Å². The van der Waals surface area contributed by atoms with E-state index in [4.69, 9.17) is 9.84 Å². The van der Waals surface area contributed by atoms with E-state index in [1.807, 2.05) is 0 Å². The average molecular weight is 422 g/mol. The fourth-order valence-electron chi connectivity index (χ4n) is 4.67. The van der Waals surface area contributed by atoms with Gasteiger partial charge in [-0.2, -0.15) is 0 Å². The van der Waals surface area contributed by atoms with Crippen LogP contribution in [0.2, 0.25) is 0 Å². The zero-order valence-electron chi connectivity index (χ0n) is 18.4. The molecule has 30 heavy (non-hydrogen) atoms. The van der Waals surface area contributed by atoms with E-state index in [0.717, 1.165) is 51.4 Å². The number of hydrogen-bond acceptors (Lipinski definition) is 4. The zero-order chi connectivity index (χ0) is 21.8. The van der Waals surface area contributed by atoms with Crippen molar-refractivity contribution in [1.82, 2.24) is 5.32 Å². The smallest absolute Gasteiger partial charge is 0.303 e. The van der Waals surface area contributed by atoms with Crippen LogP contribution in [0.5, 0.6) is 0 Å². The molecule has 2 fully saturated rings. The molecular formula is C24H39NO5. The molecule has 0 spiro atoms. The topological polar surface area (TPSA) is 92.7 Å². The van der Waals surface area contributed by atoms with E-state index in [9.17, 15) is 14.4 Å². The van der Waals surface area contributed by atoms with Crippen LogP contribution in [0, 0.1) is 11.8 Å². The van der Waals surface area contributed by atoms with Gasteiger partial charge in [-0.15, -0.1) is 0 Å². The molecule has 2 N–H and O–H groups in total. The minimum absolute atomic E-state index is 0.0392. The number of allylic oxidation sites excluding steroid dienone is 2. The summed E-state index contributed by atoms with van der Waals surface area (Å²) in [5, 5.41) is 11.7. The third-order valence-corrected chi connectivity index (χ3v) is 6.40. The van der Waals surface area contributed by atoms with Crippen LogP contribution in [-0.2, 0) is 19.1 Å². The molecule has 2 aliphatic heterocycles. The van der Waals surface area contributed by atoms with Gasteiger partial charge >= 0.3 is 5.97 Å². The van der Waals surface area contributed by atoms with Crippen molar-refractivity contribution in [1.29, 1.82) is 0 Å². The number of amides is 1. The standard InChI is InChI=1S/C24H39NO5/c1-2-3-4-7-10-18(26)13-16-23(27)25-17-20-19(21-14-15-22(20)30-21)11-8-5-6-9-12-24(28)29/h5,8,19-22H,2-4,6-7,9-17H2,1H3,(H,25,27)(H,28,29)/b8-5-/t19-,20+,21-,22+/m1/s1. The fourth-order valence-corrected chi connectivity index (χ4v) is 4.67. The highest BCUT2D eigenvalue weighted by molar-refractivity contribution is 5.84. The van der Waals surface area contributed by atoms with Gasteiger partial charge in [-0.05, 0) is 44.4 Å². The molecule has 0 aromatic rings. The molecule has 0 aliphatic carbocycles. The van der Waals surface area contributed by atoms with Crippen molar-refractivity contribution in [3.8, 4) is 0 Å². The molecule has 2 saturated heterocycles. The van der Waals surface area contributed by atoms with Gasteiger partial charge in [0.2, 0.25) is 5.91 Å². The summed E-state index contributed by atoms with van der Waals surface area (Å²) in [4.78, 5) is 34.7. The first kappa shape index (κ1) is 24.6. The highest BCUT2D eigenvalue weighted by Crippen LogP contribution is 2.44. The van der Waals surface area contributed by atoms with E-state index in [1.54, 1.807) is 0 Å². The molecule has 2 rings (SSSR count). The SMILES string of the molecule is CCCCCCC(=O)CCC(=O)NC[C@H]1[C@@H](C/C=C\CCCC(=O)O)[C@H]2CC[C@@H]1O2. The maximum atomic E-state index is 12.2. The van der Waals surface area contributed by atoms with Gasteiger partial charge in [0.05, 0.1) is 12.2 Å². The quantitative estimate of drug-likeness (QED) is 0.284. The van der Waals surface area contributed by atoms with Crippen LogP contribution in [0.1, 0.15) is 90.4 Å². The van der Waals surface area contributed by atoms with Gasteiger partial charge in [-0.1, -0.05) is 38.3 Å². The number of ketones is 1. The number of carbonyl (C=O) groups is 3. The van der Waals surface area contributed by atoms with Crippen LogP contribution < -0.4 is 5.32 Å². The molecule has 0 saturated carbocycles. The second-order valence-electron chi connectivity index (χ2n) is 8.76. The average Bonchev–Trinajstić information content (AvgIpc) is 3.32. The van der Waals surface area contributed by atoms with Crippen molar-refractivity contribution in [2.75, 3.05) is 6.54 Å². The Morgan fingerprint density at radius 3 is 2.43 bits per heavy atom. The molecule has 4 atom stereocenters. The van der Waals surface area contributed by atoms with Gasteiger partial charge in [0.15, 0.2) is 0 Å². The summed E-state index contributed by atoms with van der Waals surface area (Å²) >= 11 is 0. The maximum Gasteiger partial charge on any atom is 0.303 e. The first-order chi connectivity index (χ1) is 14.5. The van der Waals surface area contributed by atoms with E-state index in [-0.39, 0.29) is 36.7 Å². The van der Waals surface area contributed by atoms with E-state index in [1.165, 1.54) is 0 Å². The number of carboxylic acid groups (broad SMARTS) is 1.